The fourth-order valence-corrected chi connectivity index (χ4v) is 1.39. The Kier molecular flexibility index (Phi) is 9.00. The molecule has 0 aliphatic rings. The first-order chi connectivity index (χ1) is 9.83. The number of hydrogen-bond donors (Lipinski definition) is 0. The molecule has 0 heterocycles. The van der Waals surface area contributed by atoms with Crippen LogP contribution in [-0.4, -0.2) is 38.9 Å². The van der Waals surface area contributed by atoms with Crippen LogP contribution in [0.3, 0.4) is 0 Å². The summed E-state index contributed by atoms with van der Waals surface area (Å²) in [6.07, 6.45) is 0.211. The van der Waals surface area contributed by atoms with E-state index < -0.39 is 0 Å². The predicted molar refractivity (Wildman–Crippen MR) is 73.2 cm³/mol. The lowest BCUT2D eigenvalue weighted by Gasteiger charge is -2.06. The molecule has 6 heteroatoms. The van der Waals surface area contributed by atoms with Gasteiger partial charge in [-0.1, -0.05) is 35.5 Å². The lowest BCUT2D eigenvalue weighted by molar-refractivity contribution is -0.146. The van der Waals surface area contributed by atoms with E-state index in [2.05, 4.69) is 5.18 Å². The highest BCUT2D eigenvalue weighted by molar-refractivity contribution is 5.69. The van der Waals surface area contributed by atoms with Gasteiger partial charge in [0.15, 0.2) is 0 Å². The molecule has 0 spiro atoms. The van der Waals surface area contributed by atoms with Crippen molar-refractivity contribution in [2.24, 2.45) is 5.18 Å². The van der Waals surface area contributed by atoms with Crippen LogP contribution in [-0.2, 0) is 25.6 Å². The van der Waals surface area contributed by atoms with Crippen molar-refractivity contribution in [3.63, 3.8) is 0 Å². The van der Waals surface area contributed by atoms with E-state index in [1.54, 1.807) is 0 Å². The number of esters is 1. The van der Waals surface area contributed by atoms with Gasteiger partial charge >= 0.3 is 5.97 Å². The number of ether oxygens (including phenoxy) is 3. The molecule has 0 aromatic heterocycles. The highest BCUT2D eigenvalue weighted by Crippen LogP contribution is 2.01. The Morgan fingerprint density at radius 2 is 1.70 bits per heavy atom. The van der Waals surface area contributed by atoms with Gasteiger partial charge in [-0.2, -0.15) is 4.91 Å². The van der Waals surface area contributed by atoms with Crippen LogP contribution in [0.2, 0.25) is 0 Å². The molecule has 6 nitrogen and oxygen atoms in total. The third-order valence-corrected chi connectivity index (χ3v) is 2.39. The molecule has 0 aliphatic heterocycles. The summed E-state index contributed by atoms with van der Waals surface area (Å²) in [6, 6.07) is 9.50. The summed E-state index contributed by atoms with van der Waals surface area (Å²) in [4.78, 5) is 21.2. The van der Waals surface area contributed by atoms with Gasteiger partial charge in [-0.3, -0.25) is 4.79 Å². The monoisotopic (exact) mass is 281 g/mol. The van der Waals surface area contributed by atoms with Crippen LogP contribution < -0.4 is 0 Å². The fourth-order valence-electron chi connectivity index (χ4n) is 1.39. The minimum Gasteiger partial charge on any atom is -0.461 e. The topological polar surface area (TPSA) is 74.2 Å². The van der Waals surface area contributed by atoms with E-state index in [1.165, 1.54) is 0 Å². The highest BCUT2D eigenvalue weighted by Gasteiger charge is 2.03. The van der Waals surface area contributed by atoms with Crippen LogP contribution in [0.15, 0.2) is 35.5 Å². The van der Waals surface area contributed by atoms with E-state index in [9.17, 15) is 9.70 Å². The van der Waals surface area contributed by atoms with Crippen molar-refractivity contribution in [3.8, 4) is 0 Å². The van der Waals surface area contributed by atoms with E-state index in [-0.39, 0.29) is 25.5 Å². The number of nitrogens with zero attached hydrogens (tertiary/aromatic N) is 1. The smallest absolute Gasteiger partial charge is 0.308 e. The Balaban J connectivity index is 1.94. The third-order valence-electron chi connectivity index (χ3n) is 2.39. The van der Waals surface area contributed by atoms with Gasteiger partial charge in [0.05, 0.1) is 32.8 Å². The predicted octanol–water partition coefficient (Wildman–Crippen LogP) is 1.92. The Morgan fingerprint density at radius 3 is 2.40 bits per heavy atom. The van der Waals surface area contributed by atoms with Gasteiger partial charge < -0.3 is 14.2 Å². The Bertz CT molecular complexity index is 382. The minimum atomic E-state index is -0.292. The van der Waals surface area contributed by atoms with Crippen molar-refractivity contribution in [2.45, 2.75) is 13.0 Å². The molecule has 0 aliphatic carbocycles. The average molecular weight is 281 g/mol. The number of carbonyl (C=O) groups excluding carboxylic acids is 1. The van der Waals surface area contributed by atoms with E-state index in [0.29, 0.717) is 26.4 Å². The van der Waals surface area contributed by atoms with Crippen LogP contribution >= 0.6 is 0 Å². The van der Waals surface area contributed by atoms with Crippen molar-refractivity contribution in [3.05, 3.63) is 40.8 Å². The summed E-state index contributed by atoms with van der Waals surface area (Å²) in [5, 5.41) is 2.66. The molecule has 20 heavy (non-hydrogen) atoms. The second kappa shape index (κ2) is 11.1. The van der Waals surface area contributed by atoms with Crippen molar-refractivity contribution in [2.75, 3.05) is 33.0 Å². The molecular formula is C14H19NO5. The molecule has 0 atom stereocenters. The minimum absolute atomic E-state index is 0.145. The van der Waals surface area contributed by atoms with E-state index >= 15 is 0 Å². The number of nitroso groups, excluding NO2 is 1. The van der Waals surface area contributed by atoms with Gasteiger partial charge in [-0.05, 0) is 5.56 Å². The maximum Gasteiger partial charge on any atom is 0.308 e. The maximum atomic E-state index is 11.4. The number of hydrogen-bond acceptors (Lipinski definition) is 6. The molecule has 0 fully saturated rings. The van der Waals surface area contributed by atoms with Gasteiger partial charge in [0.2, 0.25) is 0 Å². The summed E-state index contributed by atoms with van der Waals surface area (Å²) in [7, 11) is 0. The van der Waals surface area contributed by atoms with Crippen LogP contribution in [0.5, 0.6) is 0 Å². The normalized spacial score (nSPS) is 10.2. The summed E-state index contributed by atoms with van der Waals surface area (Å²) >= 11 is 0. The quantitative estimate of drug-likeness (QED) is 0.352. The second-order valence-electron chi connectivity index (χ2n) is 3.97. The SMILES string of the molecule is O=NCCOCCOCCC(=O)OCc1ccccc1. The molecule has 0 unspecified atom stereocenters. The standard InChI is InChI=1S/C14H19NO5/c16-14(20-12-13-4-2-1-3-5-13)6-8-18-10-11-19-9-7-15-17/h1-5H,6-12H2. The number of carbonyl (C=O) groups is 1. The maximum absolute atomic E-state index is 11.4. The van der Waals surface area contributed by atoms with Gasteiger partial charge in [-0.25, -0.2) is 0 Å². The molecule has 1 aromatic rings. The Labute approximate surface area is 118 Å². The summed E-state index contributed by atoms with van der Waals surface area (Å²) in [5.74, 6) is -0.292. The van der Waals surface area contributed by atoms with E-state index in [0.717, 1.165) is 5.56 Å². The molecule has 0 N–H and O–H groups in total. The van der Waals surface area contributed by atoms with Gasteiger partial charge in [-0.15, -0.1) is 0 Å². The van der Waals surface area contributed by atoms with Crippen molar-refractivity contribution >= 4 is 5.97 Å². The first-order valence-corrected chi connectivity index (χ1v) is 6.47. The zero-order chi connectivity index (χ0) is 14.5. The zero-order valence-electron chi connectivity index (χ0n) is 11.3. The van der Waals surface area contributed by atoms with Crippen LogP contribution in [0, 0.1) is 4.91 Å². The van der Waals surface area contributed by atoms with Gasteiger partial charge in [0.25, 0.3) is 0 Å². The first kappa shape index (κ1) is 16.3. The molecule has 0 saturated heterocycles. The Morgan fingerprint density at radius 1 is 1.00 bits per heavy atom. The summed E-state index contributed by atoms with van der Waals surface area (Å²) in [5.41, 5.74) is 0.957. The number of rotatable bonds is 11. The van der Waals surface area contributed by atoms with Crippen LogP contribution in [0.1, 0.15) is 12.0 Å². The van der Waals surface area contributed by atoms with Crippen molar-refractivity contribution < 1.29 is 19.0 Å². The van der Waals surface area contributed by atoms with Gasteiger partial charge in [0.1, 0.15) is 13.2 Å². The fraction of sp³-hybridized carbons (Fsp3) is 0.500. The molecule has 0 amide bonds. The van der Waals surface area contributed by atoms with Gasteiger partial charge in [0, 0.05) is 0 Å². The molecule has 1 rings (SSSR count). The summed E-state index contributed by atoms with van der Waals surface area (Å²) < 4.78 is 15.3. The van der Waals surface area contributed by atoms with E-state index in [1.807, 2.05) is 30.3 Å². The number of benzene rings is 1. The van der Waals surface area contributed by atoms with Crippen molar-refractivity contribution in [1.29, 1.82) is 0 Å². The lowest BCUT2D eigenvalue weighted by Crippen LogP contribution is -2.11. The zero-order valence-corrected chi connectivity index (χ0v) is 11.3. The third kappa shape index (κ3) is 8.34. The molecule has 0 bridgehead atoms. The lowest BCUT2D eigenvalue weighted by atomic mass is 10.2. The molecular weight excluding hydrogens is 262 g/mol. The highest BCUT2D eigenvalue weighted by atomic mass is 16.5. The van der Waals surface area contributed by atoms with Crippen LogP contribution in [0.25, 0.3) is 0 Å². The molecule has 0 radical (unpaired) electrons. The molecule has 110 valence electrons. The summed E-state index contributed by atoms with van der Waals surface area (Å²) in [6.45, 7) is 1.78. The molecule has 0 saturated carbocycles. The Hall–Kier alpha value is -1.79. The van der Waals surface area contributed by atoms with Crippen molar-refractivity contribution in [1.82, 2.24) is 0 Å². The van der Waals surface area contributed by atoms with Crippen LogP contribution in [0.4, 0.5) is 0 Å². The average Bonchev–Trinajstić information content (AvgIpc) is 2.49. The largest absolute Gasteiger partial charge is 0.461 e. The molecule has 1 aromatic carbocycles. The second-order valence-corrected chi connectivity index (χ2v) is 3.97. The van der Waals surface area contributed by atoms with E-state index in [4.69, 9.17) is 14.2 Å². The first-order valence-electron chi connectivity index (χ1n) is 6.47.